The average molecular weight is 230 g/mol. The van der Waals surface area contributed by atoms with Crippen molar-refractivity contribution < 1.29 is 0 Å². The molecule has 1 fully saturated rings. The molecule has 2 nitrogen and oxygen atoms in total. The molecule has 0 spiro atoms. The summed E-state index contributed by atoms with van der Waals surface area (Å²) in [5.41, 5.74) is 5.93. The second-order valence-electron chi connectivity index (χ2n) is 4.71. The van der Waals surface area contributed by atoms with E-state index < -0.39 is 0 Å². The van der Waals surface area contributed by atoms with Gasteiger partial charge in [0, 0.05) is 17.3 Å². The first-order chi connectivity index (χ1) is 7.15. The molecule has 0 radical (unpaired) electrons. The van der Waals surface area contributed by atoms with E-state index in [0.717, 1.165) is 0 Å². The molecule has 1 heterocycles. The molecule has 1 aliphatic rings. The molecule has 0 aliphatic carbocycles. The number of rotatable bonds is 5. The van der Waals surface area contributed by atoms with Crippen molar-refractivity contribution in [2.45, 2.75) is 50.3 Å². The molecule has 0 bridgehead atoms. The molecule has 0 amide bonds. The average Bonchev–Trinajstić information content (AvgIpc) is 2.29. The van der Waals surface area contributed by atoms with Crippen LogP contribution in [0.5, 0.6) is 0 Å². The Balaban J connectivity index is 2.44. The number of piperidine rings is 1. The van der Waals surface area contributed by atoms with Crippen molar-refractivity contribution in [1.82, 2.24) is 4.90 Å². The Morgan fingerprint density at radius 3 is 2.20 bits per heavy atom. The van der Waals surface area contributed by atoms with Crippen molar-refractivity contribution in [3.05, 3.63) is 0 Å². The maximum absolute atomic E-state index is 5.93. The van der Waals surface area contributed by atoms with Crippen LogP contribution in [-0.2, 0) is 0 Å². The fourth-order valence-corrected chi connectivity index (χ4v) is 3.23. The summed E-state index contributed by atoms with van der Waals surface area (Å²) in [7, 11) is 0. The van der Waals surface area contributed by atoms with Crippen LogP contribution >= 0.6 is 11.8 Å². The zero-order valence-electron chi connectivity index (χ0n) is 10.5. The third kappa shape index (κ3) is 3.65. The van der Waals surface area contributed by atoms with Gasteiger partial charge in [-0.2, -0.15) is 11.8 Å². The van der Waals surface area contributed by atoms with Gasteiger partial charge in [-0.3, -0.25) is 0 Å². The molecule has 0 aromatic carbocycles. The van der Waals surface area contributed by atoms with E-state index in [1.54, 1.807) is 0 Å². The number of thioether (sulfide) groups is 1. The summed E-state index contributed by atoms with van der Waals surface area (Å²) in [5.74, 6) is 0. The fraction of sp³-hybridized carbons (Fsp3) is 1.00. The highest BCUT2D eigenvalue weighted by atomic mass is 32.2. The number of nitrogens with zero attached hydrogens (tertiary/aromatic N) is 1. The zero-order valence-corrected chi connectivity index (χ0v) is 11.3. The van der Waals surface area contributed by atoms with Crippen molar-refractivity contribution >= 4 is 11.8 Å². The zero-order chi connectivity index (χ0) is 11.3. The van der Waals surface area contributed by atoms with Gasteiger partial charge in [0.25, 0.3) is 0 Å². The van der Waals surface area contributed by atoms with Gasteiger partial charge in [0.2, 0.25) is 0 Å². The summed E-state index contributed by atoms with van der Waals surface area (Å²) in [6.45, 7) is 8.27. The molecule has 0 aromatic rings. The molecule has 0 atom stereocenters. The molecule has 0 aromatic heterocycles. The van der Waals surface area contributed by atoms with E-state index in [4.69, 9.17) is 5.73 Å². The minimum absolute atomic E-state index is 0.452. The highest BCUT2D eigenvalue weighted by molar-refractivity contribution is 8.00. The molecule has 2 N–H and O–H groups in total. The quantitative estimate of drug-likeness (QED) is 0.786. The lowest BCUT2D eigenvalue weighted by atomic mass is 9.99. The summed E-state index contributed by atoms with van der Waals surface area (Å²) in [6, 6.07) is 0.452. The minimum Gasteiger partial charge on any atom is -0.328 e. The maximum atomic E-state index is 5.93. The third-order valence-corrected chi connectivity index (χ3v) is 5.44. The summed E-state index contributed by atoms with van der Waals surface area (Å²) < 4.78 is 0.474. The first-order valence-electron chi connectivity index (χ1n) is 6.19. The molecule has 1 saturated heterocycles. The van der Waals surface area contributed by atoms with Crippen molar-refractivity contribution in [2.75, 3.05) is 25.9 Å². The lowest BCUT2D eigenvalue weighted by Crippen LogP contribution is -2.46. The Bertz CT molecular complexity index is 164. The van der Waals surface area contributed by atoms with Crippen molar-refractivity contribution in [1.29, 1.82) is 0 Å². The van der Waals surface area contributed by atoms with Gasteiger partial charge in [-0.1, -0.05) is 13.8 Å². The molecule has 3 heteroatoms. The second kappa shape index (κ2) is 6.12. The number of likely N-dealkylation sites (tertiary alicyclic amines) is 1. The van der Waals surface area contributed by atoms with Crippen LogP contribution in [0, 0.1) is 0 Å². The van der Waals surface area contributed by atoms with Crippen LogP contribution in [0.4, 0.5) is 0 Å². The number of hydrogen-bond donors (Lipinski definition) is 1. The van der Waals surface area contributed by atoms with Crippen LogP contribution < -0.4 is 5.73 Å². The SMILES string of the molecule is CCC(CC)(CN1CCC(N)CC1)SC. The van der Waals surface area contributed by atoms with Crippen molar-refractivity contribution in [3.8, 4) is 0 Å². The molecule has 0 unspecified atom stereocenters. The summed E-state index contributed by atoms with van der Waals surface area (Å²) in [4.78, 5) is 2.60. The molecule has 1 rings (SSSR count). The van der Waals surface area contributed by atoms with Gasteiger partial charge in [0.1, 0.15) is 0 Å². The Morgan fingerprint density at radius 2 is 1.80 bits per heavy atom. The van der Waals surface area contributed by atoms with Crippen LogP contribution in [0.15, 0.2) is 0 Å². The highest BCUT2D eigenvalue weighted by Crippen LogP contribution is 2.32. The van der Waals surface area contributed by atoms with Crippen LogP contribution in [0.1, 0.15) is 39.5 Å². The van der Waals surface area contributed by atoms with Gasteiger partial charge in [0.05, 0.1) is 0 Å². The van der Waals surface area contributed by atoms with E-state index in [1.165, 1.54) is 45.3 Å². The number of nitrogens with two attached hydrogens (primary N) is 1. The van der Waals surface area contributed by atoms with Gasteiger partial charge in [-0.15, -0.1) is 0 Å². The Morgan fingerprint density at radius 1 is 1.27 bits per heavy atom. The van der Waals surface area contributed by atoms with Gasteiger partial charge in [-0.25, -0.2) is 0 Å². The predicted octanol–water partition coefficient (Wildman–Crippen LogP) is 2.33. The summed E-state index contributed by atoms with van der Waals surface area (Å²) in [5, 5.41) is 0. The molecule has 0 saturated carbocycles. The van der Waals surface area contributed by atoms with E-state index in [2.05, 4.69) is 25.0 Å². The third-order valence-electron chi connectivity index (χ3n) is 3.87. The van der Waals surface area contributed by atoms with Gasteiger partial charge in [0.15, 0.2) is 0 Å². The molecular formula is C12H26N2S. The predicted molar refractivity (Wildman–Crippen MR) is 70.5 cm³/mol. The van der Waals surface area contributed by atoms with Gasteiger partial charge < -0.3 is 10.6 Å². The molecule has 15 heavy (non-hydrogen) atoms. The monoisotopic (exact) mass is 230 g/mol. The largest absolute Gasteiger partial charge is 0.328 e. The maximum Gasteiger partial charge on any atom is 0.0279 e. The van der Waals surface area contributed by atoms with E-state index in [-0.39, 0.29) is 0 Å². The lowest BCUT2D eigenvalue weighted by Gasteiger charge is -2.38. The molecule has 90 valence electrons. The molecule has 1 aliphatic heterocycles. The minimum atomic E-state index is 0.452. The van der Waals surface area contributed by atoms with E-state index in [0.29, 0.717) is 10.8 Å². The van der Waals surface area contributed by atoms with E-state index >= 15 is 0 Å². The van der Waals surface area contributed by atoms with E-state index in [1.807, 2.05) is 11.8 Å². The van der Waals surface area contributed by atoms with Crippen LogP contribution in [0.2, 0.25) is 0 Å². The highest BCUT2D eigenvalue weighted by Gasteiger charge is 2.29. The summed E-state index contributed by atoms with van der Waals surface area (Å²) >= 11 is 2.04. The Labute approximate surface area is 99.0 Å². The number of hydrogen-bond acceptors (Lipinski definition) is 3. The van der Waals surface area contributed by atoms with E-state index in [9.17, 15) is 0 Å². The smallest absolute Gasteiger partial charge is 0.0279 e. The van der Waals surface area contributed by atoms with Crippen molar-refractivity contribution in [3.63, 3.8) is 0 Å². The first-order valence-corrected chi connectivity index (χ1v) is 7.41. The lowest BCUT2D eigenvalue weighted by molar-refractivity contribution is 0.190. The molecular weight excluding hydrogens is 204 g/mol. The first kappa shape index (κ1) is 13.3. The second-order valence-corrected chi connectivity index (χ2v) is 5.98. The van der Waals surface area contributed by atoms with Crippen LogP contribution in [0.25, 0.3) is 0 Å². The van der Waals surface area contributed by atoms with Crippen LogP contribution in [0.3, 0.4) is 0 Å². The standard InChI is InChI=1S/C12H26N2S/c1-4-12(5-2,15-3)10-14-8-6-11(13)7-9-14/h11H,4-10,13H2,1-3H3. The van der Waals surface area contributed by atoms with Crippen molar-refractivity contribution in [2.24, 2.45) is 5.73 Å². The van der Waals surface area contributed by atoms with Gasteiger partial charge >= 0.3 is 0 Å². The normalized spacial score (nSPS) is 20.8. The Kier molecular flexibility index (Phi) is 5.44. The summed E-state index contributed by atoms with van der Waals surface area (Å²) in [6.07, 6.45) is 7.15. The van der Waals surface area contributed by atoms with Gasteiger partial charge in [-0.05, 0) is 45.0 Å². The fourth-order valence-electron chi connectivity index (χ4n) is 2.35. The van der Waals surface area contributed by atoms with Crippen LogP contribution in [-0.4, -0.2) is 41.6 Å². The Hall–Kier alpha value is 0.270. The topological polar surface area (TPSA) is 29.3 Å².